The van der Waals surface area contributed by atoms with E-state index in [1.807, 2.05) is 105 Å². The molecule has 6 aliphatic rings. The number of aromatic nitrogens is 2. The van der Waals surface area contributed by atoms with Gasteiger partial charge in [0.2, 0.25) is 0 Å². The van der Waals surface area contributed by atoms with Crippen LogP contribution in [-0.2, 0) is 0 Å². The van der Waals surface area contributed by atoms with Gasteiger partial charge in [-0.1, -0.05) is 133 Å². The number of piperazine rings is 3. The maximum atomic E-state index is 14.4. The highest BCUT2D eigenvalue weighted by molar-refractivity contribution is 7.07. The van der Waals surface area contributed by atoms with E-state index >= 15 is 0 Å². The molecule has 145 heavy (non-hydrogen) atoms. The topological polar surface area (TPSA) is 326 Å². The highest BCUT2D eigenvalue weighted by Gasteiger charge is 2.48. The molecule has 6 aliphatic heterocycles. The summed E-state index contributed by atoms with van der Waals surface area (Å²) < 4.78 is 43.8. The van der Waals surface area contributed by atoms with Crippen molar-refractivity contribution in [2.75, 3.05) is 156 Å². The van der Waals surface area contributed by atoms with E-state index in [4.69, 9.17) is 37.4 Å². The molecule has 0 spiro atoms. The normalized spacial score (nSPS) is 16.1. The highest BCUT2D eigenvalue weighted by Crippen LogP contribution is 2.47. The SMILES string of the molecule is COc1ccc([C@@H](CCCNC(=O)c2c(C)noc2C)N2C(=O)c3cccc(N4CCN([C@H](C)c5ccccc5)CC4)c3C2=O)cc1OC.COc1ccc([C@@H](CCCNC(=O)c2cc(C)c(C)o2)N2C(=O)c3cccc(N4CCN([C@H](C)c5ccccc5)CC4)c3C2=O)cc1OC.COc1ccc([C@@H](CCCNC(=O)c2cscn2)N2C(=O)c3cccc(N4CCN([C@H](C)c5ccccc5)CC4)c3C2=O)cc1OC. The molecule has 3 N–H and O–H groups in total. The van der Waals surface area contributed by atoms with Gasteiger partial charge in [-0.3, -0.25) is 72.6 Å². The first-order valence-electron chi connectivity index (χ1n) is 49.4. The Morgan fingerprint density at radius 3 is 0.993 bits per heavy atom. The lowest BCUT2D eigenvalue weighted by Gasteiger charge is -2.39. The average molecular weight is 1980 g/mol. The Labute approximate surface area is 849 Å². The van der Waals surface area contributed by atoms with Gasteiger partial charge in [0.15, 0.2) is 40.3 Å². The Kier molecular flexibility index (Phi) is 33.4. The van der Waals surface area contributed by atoms with E-state index in [2.05, 4.69) is 149 Å². The van der Waals surface area contributed by atoms with Crippen molar-refractivity contribution >= 4 is 81.6 Å². The zero-order valence-corrected chi connectivity index (χ0v) is 85.2. The van der Waals surface area contributed by atoms with E-state index in [1.54, 1.807) is 110 Å². The number of anilines is 3. The van der Waals surface area contributed by atoms with Crippen LogP contribution in [0.4, 0.5) is 17.1 Å². The number of fused-ring (bicyclic) bond motifs is 3. The number of nitrogens with zero attached hydrogens (tertiary/aromatic N) is 11. The number of rotatable bonds is 36. The number of nitrogens with one attached hydrogen (secondary N) is 3. The smallest absolute Gasteiger partial charge is 0.287 e. The van der Waals surface area contributed by atoms with Crippen molar-refractivity contribution in [1.29, 1.82) is 0 Å². The summed E-state index contributed by atoms with van der Waals surface area (Å²) in [6.45, 7) is 24.3. The first kappa shape index (κ1) is 103. The van der Waals surface area contributed by atoms with Gasteiger partial charge in [0.25, 0.3) is 53.2 Å². The molecule has 18 rings (SSSR count). The number of hydrogen-bond acceptors (Lipinski definition) is 26. The van der Waals surface area contributed by atoms with Gasteiger partial charge in [-0.25, -0.2) is 4.98 Å². The molecule has 0 radical (unpaired) electrons. The molecule has 0 unspecified atom stereocenters. The van der Waals surface area contributed by atoms with Gasteiger partial charge in [-0.2, -0.15) is 0 Å². The van der Waals surface area contributed by atoms with E-state index in [-0.39, 0.29) is 77.1 Å². The van der Waals surface area contributed by atoms with Gasteiger partial charge < -0.3 is 68.0 Å². The maximum absolute atomic E-state index is 14.4. The summed E-state index contributed by atoms with van der Waals surface area (Å²) in [4.78, 5) is 146. The fourth-order valence-corrected chi connectivity index (χ4v) is 21.0. The third kappa shape index (κ3) is 22.4. The van der Waals surface area contributed by atoms with Crippen LogP contribution < -0.4 is 59.1 Å². The Morgan fingerprint density at radius 1 is 0.366 bits per heavy atom. The first-order valence-corrected chi connectivity index (χ1v) is 50.3. The summed E-state index contributed by atoms with van der Waals surface area (Å²) in [5.41, 5.74) is 14.8. The van der Waals surface area contributed by atoms with Gasteiger partial charge in [-0.05, 0) is 205 Å². The van der Waals surface area contributed by atoms with Crippen molar-refractivity contribution in [3.05, 3.63) is 324 Å². The van der Waals surface area contributed by atoms with Crippen molar-refractivity contribution < 1.29 is 80.5 Å². The molecule has 0 bridgehead atoms. The molecule has 756 valence electrons. The standard InChI is InChI=1S/C39H44N4O6.C38H43N5O6.C36H39N5O5S/c1-25-23-35(49-27(25)3)37(44)40-18-10-15-31(29-16-17-33(47-4)34(24-29)48-5)43-38(45)30-13-9-14-32(36(30)39(43)46)42-21-19-41(20-22-42)26(2)28-11-7-6-8-12-28;1-24-34(26(3)49-40-24)36(44)39-18-10-15-30(28-16-17-32(47-4)33(23-28)48-5)43-37(45)29-13-9-14-31(35(29)38(43)46)42-21-19-41(20-22-42)25(2)27-11-7-6-8-12-27;1-24(25-9-5-4-6-10-25)39-17-19-40(20-18-39)30-12-7-11-27-33(30)36(44)41(35(27)43)29(26-14-15-31(45-2)32(21-26)46-3)13-8-16-37-34(42)28-22-47-23-38-28/h6-9,11-14,16-17,23-24,26,31H,10,15,18-22H2,1-5H3,(H,40,44);6-9,11-14,16-17,23,25,30H,10,15,18-22H2,1-5H3,(H,39,44);4-7,9-12,14-15,21-24,29H,8,13,16-20H2,1-3H3,(H,37,42)/t26-,31-;25-,30-;24-,29-/m111/s1. The van der Waals surface area contributed by atoms with E-state index < -0.39 is 18.1 Å². The fourth-order valence-electron chi connectivity index (χ4n) is 20.5. The number of amides is 9. The zero-order chi connectivity index (χ0) is 102. The van der Waals surface area contributed by atoms with Crippen LogP contribution in [-0.4, -0.2) is 234 Å². The lowest BCUT2D eigenvalue weighted by molar-refractivity contribution is 0.0556. The Hall–Kier alpha value is -15.0. The van der Waals surface area contributed by atoms with E-state index in [0.29, 0.717) is 155 Å². The van der Waals surface area contributed by atoms with Gasteiger partial charge in [-0.15, -0.1) is 11.3 Å². The number of thiazole rings is 1. The molecular formula is C113H126N14O17S. The fraction of sp³-hybridized carbons (Fsp3) is 0.354. The van der Waals surface area contributed by atoms with E-state index in [9.17, 15) is 43.2 Å². The van der Waals surface area contributed by atoms with Crippen molar-refractivity contribution in [3.63, 3.8) is 0 Å². The van der Waals surface area contributed by atoms with Gasteiger partial charge in [0.05, 0.1) is 122 Å². The molecule has 32 heteroatoms. The van der Waals surface area contributed by atoms with Crippen LogP contribution in [0.5, 0.6) is 34.5 Å². The summed E-state index contributed by atoms with van der Waals surface area (Å²) in [5.74, 6) is 1.78. The minimum atomic E-state index is -0.611. The summed E-state index contributed by atoms with van der Waals surface area (Å²) in [6.07, 6.45) is 2.79. The molecule has 0 saturated carbocycles. The Balaban J connectivity index is 0.000000156. The minimum Gasteiger partial charge on any atom is -0.493 e. The number of ether oxygens (including phenoxy) is 6. The molecule has 9 heterocycles. The molecule has 0 aliphatic carbocycles. The van der Waals surface area contributed by atoms with E-state index in [1.165, 1.54) is 42.7 Å². The quantitative estimate of drug-likeness (QED) is 0.0243. The van der Waals surface area contributed by atoms with Crippen LogP contribution in [0.3, 0.4) is 0 Å². The molecule has 9 amide bonds. The number of furan rings is 1. The lowest BCUT2D eigenvalue weighted by Crippen LogP contribution is -2.47. The monoisotopic (exact) mass is 1980 g/mol. The summed E-state index contributed by atoms with van der Waals surface area (Å²) in [6, 6.07) is 65.2. The second-order valence-corrected chi connectivity index (χ2v) is 37.6. The van der Waals surface area contributed by atoms with Crippen molar-refractivity contribution in [2.45, 2.75) is 123 Å². The molecule has 3 fully saturated rings. The molecule has 3 saturated heterocycles. The van der Waals surface area contributed by atoms with Crippen molar-refractivity contribution in [3.8, 4) is 34.5 Å². The van der Waals surface area contributed by atoms with Gasteiger partial charge in [0.1, 0.15) is 22.8 Å². The third-order valence-electron chi connectivity index (χ3n) is 28.7. The highest BCUT2D eigenvalue weighted by atomic mass is 32.1. The number of methoxy groups -OCH3 is 6. The second-order valence-electron chi connectivity index (χ2n) is 36.9. The Morgan fingerprint density at radius 2 is 0.697 bits per heavy atom. The molecule has 12 aromatic rings. The number of carbonyl (C=O) groups is 9. The Bertz CT molecular complexity index is 6590. The number of imide groups is 3. The molecule has 9 aromatic carbocycles. The van der Waals surface area contributed by atoms with Crippen molar-refractivity contribution in [1.82, 2.24) is 55.5 Å². The first-order chi connectivity index (χ1) is 70.3. The second kappa shape index (κ2) is 47.0. The zero-order valence-electron chi connectivity index (χ0n) is 84.4. The predicted octanol–water partition coefficient (Wildman–Crippen LogP) is 17.7. The van der Waals surface area contributed by atoms with Crippen LogP contribution in [0.25, 0.3) is 0 Å². The summed E-state index contributed by atoms with van der Waals surface area (Å²) >= 11 is 1.36. The van der Waals surface area contributed by atoms with Crippen LogP contribution in [0.15, 0.2) is 226 Å². The average Bonchev–Trinajstić information content (AvgIpc) is 1.60. The number of benzene rings is 9. The summed E-state index contributed by atoms with van der Waals surface area (Å²) in [5, 5.41) is 14.3. The van der Waals surface area contributed by atoms with Crippen LogP contribution in [0.1, 0.15) is 245 Å². The molecule has 31 nitrogen and oxygen atoms in total. The van der Waals surface area contributed by atoms with E-state index in [0.717, 1.165) is 118 Å². The maximum Gasteiger partial charge on any atom is 0.287 e. The lowest BCUT2D eigenvalue weighted by atomic mass is 9.99. The summed E-state index contributed by atoms with van der Waals surface area (Å²) in [7, 11) is 9.35. The van der Waals surface area contributed by atoms with Crippen LogP contribution in [0.2, 0.25) is 0 Å². The third-order valence-corrected chi connectivity index (χ3v) is 29.3. The van der Waals surface area contributed by atoms with Crippen LogP contribution in [0, 0.1) is 27.7 Å². The molecular weight excluding hydrogens is 1860 g/mol. The largest absolute Gasteiger partial charge is 0.493 e. The van der Waals surface area contributed by atoms with Gasteiger partial charge >= 0.3 is 0 Å². The molecule has 3 aromatic heterocycles. The number of hydrogen-bond donors (Lipinski definition) is 3. The van der Waals surface area contributed by atoms with Crippen LogP contribution >= 0.6 is 11.3 Å². The molecule has 6 atom stereocenters. The number of carbonyl (C=O) groups excluding carboxylic acids is 9. The predicted molar refractivity (Wildman–Crippen MR) is 555 cm³/mol. The number of aryl methyl sites for hydroxylation is 4. The van der Waals surface area contributed by atoms with Gasteiger partial charge in [0, 0.05) is 122 Å². The van der Waals surface area contributed by atoms with Crippen molar-refractivity contribution in [2.24, 2.45) is 0 Å². The minimum absolute atomic E-state index is 0.252.